The number of carbonyl (C=O) groups is 2. The molecule has 1 fully saturated rings. The summed E-state index contributed by atoms with van der Waals surface area (Å²) in [6.45, 7) is 5.44. The number of likely N-dealkylation sites (tertiary alicyclic amines) is 1. The van der Waals surface area contributed by atoms with Gasteiger partial charge in [-0.1, -0.05) is 24.3 Å². The highest BCUT2D eigenvalue weighted by Gasteiger charge is 2.25. The van der Waals surface area contributed by atoms with E-state index in [4.69, 9.17) is 4.74 Å². The van der Waals surface area contributed by atoms with Crippen LogP contribution in [0.2, 0.25) is 0 Å². The van der Waals surface area contributed by atoms with Gasteiger partial charge in [-0.2, -0.15) is 0 Å². The second-order valence-corrected chi connectivity index (χ2v) is 8.32. The van der Waals surface area contributed by atoms with Gasteiger partial charge >= 0.3 is 0 Å². The molecule has 0 saturated carbocycles. The number of carbonyl (C=O) groups excluding carboxylic acids is 2. The van der Waals surface area contributed by atoms with E-state index in [0.29, 0.717) is 43.4 Å². The van der Waals surface area contributed by atoms with E-state index >= 15 is 0 Å². The standard InChI is InChI=1S/C25H32FN3O3/c1-19(30)27-23-8-5-7-21(16-23)25(31)29(14-15-32-2)17-20-10-12-28(13-11-20)18-22-6-3-4-9-24(22)26/h3-9,16,20H,10-15,17-18H2,1-2H3,(H,27,30). The van der Waals surface area contributed by atoms with Gasteiger partial charge in [0, 0.05) is 50.5 Å². The van der Waals surface area contributed by atoms with Crippen LogP contribution >= 0.6 is 0 Å². The van der Waals surface area contributed by atoms with Crippen molar-refractivity contribution in [1.29, 1.82) is 0 Å². The van der Waals surface area contributed by atoms with Crippen molar-refractivity contribution in [3.8, 4) is 0 Å². The summed E-state index contributed by atoms with van der Waals surface area (Å²) in [7, 11) is 1.63. The predicted molar refractivity (Wildman–Crippen MR) is 123 cm³/mol. The van der Waals surface area contributed by atoms with Crippen LogP contribution in [0.3, 0.4) is 0 Å². The lowest BCUT2D eigenvalue weighted by molar-refractivity contribution is -0.114. The van der Waals surface area contributed by atoms with Crippen LogP contribution in [0.15, 0.2) is 48.5 Å². The first-order chi connectivity index (χ1) is 15.5. The highest BCUT2D eigenvalue weighted by Crippen LogP contribution is 2.22. The van der Waals surface area contributed by atoms with Crippen LogP contribution < -0.4 is 5.32 Å². The Kier molecular flexibility index (Phi) is 8.76. The normalized spacial score (nSPS) is 14.8. The first-order valence-corrected chi connectivity index (χ1v) is 11.1. The largest absolute Gasteiger partial charge is 0.383 e. The Morgan fingerprint density at radius 2 is 1.91 bits per heavy atom. The van der Waals surface area contributed by atoms with E-state index in [9.17, 15) is 14.0 Å². The van der Waals surface area contributed by atoms with E-state index in [1.165, 1.54) is 13.0 Å². The lowest BCUT2D eigenvalue weighted by Gasteiger charge is -2.35. The van der Waals surface area contributed by atoms with Crippen molar-refractivity contribution in [2.75, 3.05) is 45.2 Å². The fraction of sp³-hybridized carbons (Fsp3) is 0.440. The molecule has 0 spiro atoms. The average molecular weight is 442 g/mol. The summed E-state index contributed by atoms with van der Waals surface area (Å²) >= 11 is 0. The van der Waals surface area contributed by atoms with Crippen LogP contribution in [-0.4, -0.2) is 61.5 Å². The van der Waals surface area contributed by atoms with E-state index in [1.54, 1.807) is 37.4 Å². The molecule has 1 saturated heterocycles. The van der Waals surface area contributed by atoms with Crippen molar-refractivity contribution in [2.24, 2.45) is 5.92 Å². The maximum atomic E-state index is 14.0. The second-order valence-electron chi connectivity index (χ2n) is 8.32. The first-order valence-electron chi connectivity index (χ1n) is 11.1. The number of nitrogens with one attached hydrogen (secondary N) is 1. The molecular weight excluding hydrogens is 409 g/mol. The molecule has 32 heavy (non-hydrogen) atoms. The summed E-state index contributed by atoms with van der Waals surface area (Å²) in [5.74, 6) is -0.0188. The van der Waals surface area contributed by atoms with Gasteiger partial charge in [-0.15, -0.1) is 0 Å². The molecule has 2 aromatic carbocycles. The molecule has 7 heteroatoms. The van der Waals surface area contributed by atoms with Crippen molar-refractivity contribution in [3.05, 3.63) is 65.5 Å². The molecule has 0 unspecified atom stereocenters. The Morgan fingerprint density at radius 3 is 2.59 bits per heavy atom. The molecule has 0 aliphatic carbocycles. The van der Waals surface area contributed by atoms with Crippen molar-refractivity contribution in [3.63, 3.8) is 0 Å². The van der Waals surface area contributed by atoms with E-state index in [-0.39, 0.29) is 17.6 Å². The Hall–Kier alpha value is -2.77. The smallest absolute Gasteiger partial charge is 0.254 e. The zero-order valence-electron chi connectivity index (χ0n) is 18.9. The summed E-state index contributed by atoms with van der Waals surface area (Å²) in [5, 5.41) is 2.73. The van der Waals surface area contributed by atoms with Gasteiger partial charge in [0.05, 0.1) is 6.61 Å². The van der Waals surface area contributed by atoms with Crippen molar-refractivity contribution >= 4 is 17.5 Å². The second kappa shape index (κ2) is 11.7. The molecule has 0 atom stereocenters. The lowest BCUT2D eigenvalue weighted by atomic mass is 9.95. The van der Waals surface area contributed by atoms with Crippen molar-refractivity contribution in [2.45, 2.75) is 26.3 Å². The molecule has 2 aromatic rings. The number of methoxy groups -OCH3 is 1. The molecule has 172 valence electrons. The quantitative estimate of drug-likeness (QED) is 0.643. The van der Waals surface area contributed by atoms with Gasteiger partial charge in [-0.3, -0.25) is 14.5 Å². The third kappa shape index (κ3) is 6.87. The molecule has 3 rings (SSSR count). The molecule has 0 aromatic heterocycles. The first kappa shape index (κ1) is 23.9. The lowest BCUT2D eigenvalue weighted by Crippen LogP contribution is -2.42. The molecule has 1 heterocycles. The fourth-order valence-corrected chi connectivity index (χ4v) is 4.10. The third-order valence-corrected chi connectivity index (χ3v) is 5.82. The van der Waals surface area contributed by atoms with Crippen LogP contribution in [0.5, 0.6) is 0 Å². The molecule has 1 aliphatic heterocycles. The number of rotatable bonds is 9. The summed E-state index contributed by atoms with van der Waals surface area (Å²) in [6, 6.07) is 13.9. The van der Waals surface area contributed by atoms with Crippen molar-refractivity contribution < 1.29 is 18.7 Å². The van der Waals surface area contributed by atoms with Crippen LogP contribution in [0.4, 0.5) is 10.1 Å². The minimum absolute atomic E-state index is 0.0666. The summed E-state index contributed by atoms with van der Waals surface area (Å²) in [4.78, 5) is 28.7. The number of anilines is 1. The number of nitrogens with zero attached hydrogens (tertiary/aromatic N) is 2. The Labute approximate surface area is 189 Å². The number of benzene rings is 2. The van der Waals surface area contributed by atoms with Crippen LogP contribution in [-0.2, 0) is 16.1 Å². The van der Waals surface area contributed by atoms with Gasteiger partial charge in [-0.25, -0.2) is 4.39 Å². The van der Waals surface area contributed by atoms with Gasteiger partial charge < -0.3 is 15.0 Å². The molecule has 0 radical (unpaired) electrons. The number of piperidine rings is 1. The zero-order chi connectivity index (χ0) is 22.9. The zero-order valence-corrected chi connectivity index (χ0v) is 18.9. The number of halogens is 1. The molecule has 6 nitrogen and oxygen atoms in total. The molecular formula is C25H32FN3O3. The van der Waals surface area contributed by atoms with Crippen LogP contribution in [0.1, 0.15) is 35.7 Å². The number of hydrogen-bond donors (Lipinski definition) is 1. The average Bonchev–Trinajstić information content (AvgIpc) is 2.78. The van der Waals surface area contributed by atoms with Gasteiger partial charge in [0.2, 0.25) is 5.91 Å². The summed E-state index contributed by atoms with van der Waals surface area (Å²) in [6.07, 6.45) is 1.91. The number of amides is 2. The van der Waals surface area contributed by atoms with Gasteiger partial charge in [0.15, 0.2) is 0 Å². The Morgan fingerprint density at radius 1 is 1.16 bits per heavy atom. The summed E-state index contributed by atoms with van der Waals surface area (Å²) in [5.41, 5.74) is 1.88. The molecule has 1 aliphatic rings. The van der Waals surface area contributed by atoms with Crippen molar-refractivity contribution in [1.82, 2.24) is 9.80 Å². The molecule has 0 bridgehead atoms. The monoisotopic (exact) mass is 441 g/mol. The van der Waals surface area contributed by atoms with E-state index in [1.807, 2.05) is 17.0 Å². The Bertz CT molecular complexity index is 913. The SMILES string of the molecule is COCCN(CC1CCN(Cc2ccccc2F)CC1)C(=O)c1cccc(NC(C)=O)c1. The van der Waals surface area contributed by atoms with E-state index in [2.05, 4.69) is 10.2 Å². The maximum absolute atomic E-state index is 14.0. The van der Waals surface area contributed by atoms with E-state index in [0.717, 1.165) is 31.5 Å². The highest BCUT2D eigenvalue weighted by molar-refractivity contribution is 5.96. The Balaban J connectivity index is 1.59. The molecule has 1 N–H and O–H groups in total. The minimum atomic E-state index is -0.173. The van der Waals surface area contributed by atoms with Crippen LogP contribution in [0.25, 0.3) is 0 Å². The van der Waals surface area contributed by atoms with E-state index < -0.39 is 0 Å². The predicted octanol–water partition coefficient (Wildman–Crippen LogP) is 3.78. The maximum Gasteiger partial charge on any atom is 0.254 e. The van der Waals surface area contributed by atoms with Crippen LogP contribution in [0, 0.1) is 11.7 Å². The summed E-state index contributed by atoms with van der Waals surface area (Å²) < 4.78 is 19.2. The van der Waals surface area contributed by atoms with Gasteiger partial charge in [0.25, 0.3) is 5.91 Å². The fourth-order valence-electron chi connectivity index (χ4n) is 4.10. The highest BCUT2D eigenvalue weighted by atomic mass is 19.1. The topological polar surface area (TPSA) is 61.9 Å². The number of ether oxygens (including phenoxy) is 1. The molecule has 2 amide bonds. The minimum Gasteiger partial charge on any atom is -0.383 e. The third-order valence-electron chi connectivity index (χ3n) is 5.82. The van der Waals surface area contributed by atoms with Gasteiger partial charge in [0.1, 0.15) is 5.82 Å². The van der Waals surface area contributed by atoms with Gasteiger partial charge in [-0.05, 0) is 56.1 Å². The number of hydrogen-bond acceptors (Lipinski definition) is 4.